The average Bonchev–Trinajstić information content (AvgIpc) is 2.87. The lowest BCUT2D eigenvalue weighted by Crippen LogP contribution is -2.20. The first kappa shape index (κ1) is 13.6. The van der Waals surface area contributed by atoms with Crippen LogP contribution in [0.5, 0.6) is 11.5 Å². The molecule has 0 radical (unpaired) electrons. The van der Waals surface area contributed by atoms with E-state index in [0.717, 1.165) is 0 Å². The molecule has 0 aliphatic heterocycles. The molecule has 20 heavy (non-hydrogen) atoms. The van der Waals surface area contributed by atoms with Crippen molar-refractivity contribution in [1.29, 1.82) is 0 Å². The van der Waals surface area contributed by atoms with E-state index in [2.05, 4.69) is 15.6 Å². The standard InChI is InChI=1S/C13H14N4O3/c1-17-11(5-6-15-17)13(19)16-14-8-9-7-10(20-2)3-4-12(9)18/h3-8,18H,1-2H3,(H,16,19). The summed E-state index contributed by atoms with van der Waals surface area (Å²) < 4.78 is 6.48. The summed E-state index contributed by atoms with van der Waals surface area (Å²) in [6, 6.07) is 6.30. The number of hydrogen-bond acceptors (Lipinski definition) is 5. The summed E-state index contributed by atoms with van der Waals surface area (Å²) in [4.78, 5) is 11.8. The Bertz CT molecular complexity index is 649. The maximum atomic E-state index is 11.8. The van der Waals surface area contributed by atoms with Crippen LogP contribution in [0.15, 0.2) is 35.6 Å². The number of rotatable bonds is 4. The minimum absolute atomic E-state index is 0.0457. The molecule has 1 aromatic carbocycles. The lowest BCUT2D eigenvalue weighted by molar-refractivity contribution is 0.0945. The summed E-state index contributed by atoms with van der Waals surface area (Å²) in [6.07, 6.45) is 2.86. The number of nitrogens with one attached hydrogen (secondary N) is 1. The molecule has 2 rings (SSSR count). The second-order valence-corrected chi connectivity index (χ2v) is 3.96. The molecule has 0 aliphatic rings. The molecule has 2 N–H and O–H groups in total. The maximum Gasteiger partial charge on any atom is 0.289 e. The van der Waals surface area contributed by atoms with E-state index in [0.29, 0.717) is 17.0 Å². The van der Waals surface area contributed by atoms with Crippen molar-refractivity contribution in [1.82, 2.24) is 15.2 Å². The van der Waals surface area contributed by atoms with Crippen LogP contribution in [0.25, 0.3) is 0 Å². The number of carbonyl (C=O) groups is 1. The van der Waals surface area contributed by atoms with E-state index in [1.165, 1.54) is 30.3 Å². The van der Waals surface area contributed by atoms with Gasteiger partial charge in [-0.25, -0.2) is 5.43 Å². The van der Waals surface area contributed by atoms with Crippen LogP contribution in [0.2, 0.25) is 0 Å². The number of benzene rings is 1. The zero-order chi connectivity index (χ0) is 14.5. The van der Waals surface area contributed by atoms with Crippen LogP contribution in [0.3, 0.4) is 0 Å². The van der Waals surface area contributed by atoms with Crippen molar-refractivity contribution >= 4 is 12.1 Å². The third-order valence-electron chi connectivity index (χ3n) is 2.66. The van der Waals surface area contributed by atoms with Gasteiger partial charge in [-0.2, -0.15) is 10.2 Å². The fraction of sp³-hybridized carbons (Fsp3) is 0.154. The van der Waals surface area contributed by atoms with Gasteiger partial charge in [0.05, 0.1) is 13.3 Å². The first-order chi connectivity index (χ1) is 9.61. The fourth-order valence-corrected chi connectivity index (χ4v) is 1.58. The molecular weight excluding hydrogens is 260 g/mol. The Hall–Kier alpha value is -2.83. The van der Waals surface area contributed by atoms with E-state index in [9.17, 15) is 9.90 Å². The Morgan fingerprint density at radius 3 is 2.95 bits per heavy atom. The predicted octanol–water partition coefficient (Wildman–Crippen LogP) is 0.898. The van der Waals surface area contributed by atoms with Crippen molar-refractivity contribution in [3.63, 3.8) is 0 Å². The molecule has 0 unspecified atom stereocenters. The second kappa shape index (κ2) is 5.87. The smallest absolute Gasteiger partial charge is 0.289 e. The molecule has 0 saturated carbocycles. The van der Waals surface area contributed by atoms with Gasteiger partial charge in [-0.15, -0.1) is 0 Å². The van der Waals surface area contributed by atoms with Gasteiger partial charge in [0.2, 0.25) is 0 Å². The molecule has 0 bridgehead atoms. The molecule has 104 valence electrons. The Kier molecular flexibility index (Phi) is 3.99. The number of phenols is 1. The van der Waals surface area contributed by atoms with E-state index in [4.69, 9.17) is 4.74 Å². The number of aryl methyl sites for hydroxylation is 1. The van der Waals surface area contributed by atoms with Gasteiger partial charge in [0, 0.05) is 18.8 Å². The van der Waals surface area contributed by atoms with Gasteiger partial charge in [0.25, 0.3) is 5.91 Å². The molecule has 7 nitrogen and oxygen atoms in total. The van der Waals surface area contributed by atoms with Crippen LogP contribution < -0.4 is 10.2 Å². The molecule has 0 saturated heterocycles. The molecular formula is C13H14N4O3. The van der Waals surface area contributed by atoms with Gasteiger partial charge in [-0.3, -0.25) is 9.48 Å². The zero-order valence-electron chi connectivity index (χ0n) is 11.1. The summed E-state index contributed by atoms with van der Waals surface area (Å²) in [7, 11) is 3.18. The highest BCUT2D eigenvalue weighted by molar-refractivity contribution is 5.93. The normalized spacial score (nSPS) is 10.7. The monoisotopic (exact) mass is 274 g/mol. The Balaban J connectivity index is 2.07. The topological polar surface area (TPSA) is 88.7 Å². The van der Waals surface area contributed by atoms with Crippen molar-refractivity contribution in [3.05, 3.63) is 41.7 Å². The summed E-state index contributed by atoms with van der Waals surface area (Å²) in [5.41, 5.74) is 3.18. The van der Waals surface area contributed by atoms with Gasteiger partial charge in [0.15, 0.2) is 0 Å². The molecule has 7 heteroatoms. The molecule has 2 aromatic rings. The average molecular weight is 274 g/mol. The van der Waals surface area contributed by atoms with E-state index < -0.39 is 0 Å². The first-order valence-electron chi connectivity index (χ1n) is 5.80. The number of nitrogens with zero attached hydrogens (tertiary/aromatic N) is 3. The summed E-state index contributed by atoms with van der Waals surface area (Å²) in [6.45, 7) is 0. The number of amides is 1. The number of aromatic hydroxyl groups is 1. The zero-order valence-corrected chi connectivity index (χ0v) is 11.1. The van der Waals surface area contributed by atoms with Crippen LogP contribution >= 0.6 is 0 Å². The largest absolute Gasteiger partial charge is 0.507 e. The number of ether oxygens (including phenoxy) is 1. The van der Waals surface area contributed by atoms with E-state index >= 15 is 0 Å². The molecule has 1 heterocycles. The second-order valence-electron chi connectivity index (χ2n) is 3.96. The van der Waals surface area contributed by atoms with Crippen LogP contribution in [0, 0.1) is 0 Å². The van der Waals surface area contributed by atoms with Crippen molar-refractivity contribution in [3.8, 4) is 11.5 Å². The number of carbonyl (C=O) groups excluding carboxylic acids is 1. The SMILES string of the molecule is COc1ccc(O)c(C=NNC(=O)c2ccnn2C)c1. The first-order valence-corrected chi connectivity index (χ1v) is 5.80. The number of hydrazone groups is 1. The van der Waals surface area contributed by atoms with Crippen LogP contribution in [-0.4, -0.2) is 34.1 Å². The van der Waals surface area contributed by atoms with Gasteiger partial charge in [-0.1, -0.05) is 0 Å². The molecule has 0 aliphatic carbocycles. The number of hydrogen-bond donors (Lipinski definition) is 2. The molecule has 1 amide bonds. The highest BCUT2D eigenvalue weighted by atomic mass is 16.5. The quantitative estimate of drug-likeness (QED) is 0.640. The van der Waals surface area contributed by atoms with Crippen LogP contribution in [0.4, 0.5) is 0 Å². The third-order valence-corrected chi connectivity index (χ3v) is 2.66. The van der Waals surface area contributed by atoms with Crippen LogP contribution in [0.1, 0.15) is 16.1 Å². The number of phenolic OH excluding ortho intramolecular Hbond substituents is 1. The lowest BCUT2D eigenvalue weighted by Gasteiger charge is -2.03. The number of methoxy groups -OCH3 is 1. The van der Waals surface area contributed by atoms with Gasteiger partial charge >= 0.3 is 0 Å². The van der Waals surface area contributed by atoms with Crippen LogP contribution in [-0.2, 0) is 7.05 Å². The van der Waals surface area contributed by atoms with Gasteiger partial charge in [0.1, 0.15) is 17.2 Å². The predicted molar refractivity (Wildman–Crippen MR) is 72.9 cm³/mol. The minimum Gasteiger partial charge on any atom is -0.507 e. The maximum absolute atomic E-state index is 11.8. The summed E-state index contributed by atoms with van der Waals surface area (Å²) in [5.74, 6) is 0.246. The minimum atomic E-state index is -0.386. The number of aromatic nitrogens is 2. The summed E-state index contributed by atoms with van der Waals surface area (Å²) >= 11 is 0. The Morgan fingerprint density at radius 2 is 2.30 bits per heavy atom. The molecule has 0 spiro atoms. The van der Waals surface area contributed by atoms with Crippen molar-refractivity contribution in [2.75, 3.05) is 7.11 Å². The lowest BCUT2D eigenvalue weighted by atomic mass is 10.2. The highest BCUT2D eigenvalue weighted by Gasteiger charge is 2.08. The van der Waals surface area contributed by atoms with E-state index in [1.807, 2.05) is 0 Å². The molecule has 0 atom stereocenters. The van der Waals surface area contributed by atoms with E-state index in [1.54, 1.807) is 25.2 Å². The van der Waals surface area contributed by atoms with Crippen molar-refractivity contribution < 1.29 is 14.6 Å². The van der Waals surface area contributed by atoms with E-state index in [-0.39, 0.29) is 11.7 Å². The fourth-order valence-electron chi connectivity index (χ4n) is 1.58. The van der Waals surface area contributed by atoms with Crippen molar-refractivity contribution in [2.24, 2.45) is 12.1 Å². The Morgan fingerprint density at radius 1 is 1.50 bits per heavy atom. The van der Waals surface area contributed by atoms with Crippen molar-refractivity contribution in [2.45, 2.75) is 0 Å². The third kappa shape index (κ3) is 2.94. The highest BCUT2D eigenvalue weighted by Crippen LogP contribution is 2.20. The Labute approximate surface area is 115 Å². The molecule has 0 fully saturated rings. The summed E-state index contributed by atoms with van der Waals surface area (Å²) in [5, 5.41) is 17.3. The van der Waals surface area contributed by atoms with Gasteiger partial charge < -0.3 is 9.84 Å². The molecule has 1 aromatic heterocycles. The van der Waals surface area contributed by atoms with Gasteiger partial charge in [-0.05, 0) is 24.3 Å².